The van der Waals surface area contributed by atoms with E-state index in [1.165, 1.54) is 4.31 Å². The molecule has 2 aliphatic rings. The highest BCUT2D eigenvalue weighted by Gasteiger charge is 2.33. The molecule has 1 amide bonds. The summed E-state index contributed by atoms with van der Waals surface area (Å²) in [5.41, 5.74) is 0. The van der Waals surface area contributed by atoms with Gasteiger partial charge in [-0.05, 0) is 44.0 Å². The van der Waals surface area contributed by atoms with Crippen LogP contribution in [0.15, 0.2) is 29.2 Å². The predicted octanol–water partition coefficient (Wildman–Crippen LogP) is 2.12. The van der Waals surface area contributed by atoms with Gasteiger partial charge >= 0.3 is 0 Å². The monoisotopic (exact) mass is 410 g/mol. The van der Waals surface area contributed by atoms with E-state index in [9.17, 15) is 13.2 Å². The Morgan fingerprint density at radius 1 is 1.04 bits per heavy atom. The molecule has 0 radical (unpaired) electrons. The van der Waals surface area contributed by atoms with Gasteiger partial charge in [-0.3, -0.25) is 4.79 Å². The number of sulfonamides is 1. The zero-order valence-corrected chi connectivity index (χ0v) is 17.3. The molecule has 1 heterocycles. The summed E-state index contributed by atoms with van der Waals surface area (Å²) in [4.78, 5) is 14.6. The highest BCUT2D eigenvalue weighted by atomic mass is 32.2. The number of carbonyl (C=O) groups is 1. The number of nitrogens with zero attached hydrogens (tertiary/aromatic N) is 2. The van der Waals surface area contributed by atoms with Crippen LogP contribution in [0, 0.1) is 5.92 Å². The number of benzene rings is 1. The maximum atomic E-state index is 12.9. The van der Waals surface area contributed by atoms with Crippen LogP contribution in [0.2, 0.25) is 0 Å². The zero-order valence-electron chi connectivity index (χ0n) is 16.5. The van der Waals surface area contributed by atoms with Gasteiger partial charge in [0.2, 0.25) is 15.9 Å². The minimum absolute atomic E-state index is 0.137. The Balaban J connectivity index is 1.54. The van der Waals surface area contributed by atoms with Gasteiger partial charge in [0, 0.05) is 38.7 Å². The van der Waals surface area contributed by atoms with Gasteiger partial charge in [-0.25, -0.2) is 8.42 Å². The fraction of sp³-hybridized carbons (Fsp3) is 0.650. The van der Waals surface area contributed by atoms with E-state index in [0.29, 0.717) is 51.7 Å². The Morgan fingerprint density at radius 3 is 2.29 bits per heavy atom. The second-order valence-corrected chi connectivity index (χ2v) is 9.17. The molecule has 0 aromatic heterocycles. The summed E-state index contributed by atoms with van der Waals surface area (Å²) >= 11 is 0. The van der Waals surface area contributed by atoms with Crippen LogP contribution < -0.4 is 4.74 Å². The van der Waals surface area contributed by atoms with Gasteiger partial charge in [0.15, 0.2) is 0 Å². The van der Waals surface area contributed by atoms with Crippen molar-refractivity contribution in [3.05, 3.63) is 24.3 Å². The zero-order chi connectivity index (χ0) is 20.0. The quantitative estimate of drug-likeness (QED) is 0.614. The second kappa shape index (κ2) is 9.71. The fourth-order valence-electron chi connectivity index (χ4n) is 3.80. The molecule has 1 aliphatic carbocycles. The maximum absolute atomic E-state index is 12.9. The molecule has 1 saturated heterocycles. The Hall–Kier alpha value is -1.64. The fourth-order valence-corrected chi connectivity index (χ4v) is 5.22. The van der Waals surface area contributed by atoms with Crippen molar-refractivity contribution < 1.29 is 22.7 Å². The van der Waals surface area contributed by atoms with Gasteiger partial charge in [0.1, 0.15) is 12.4 Å². The summed E-state index contributed by atoms with van der Waals surface area (Å²) < 4.78 is 38.0. The Morgan fingerprint density at radius 2 is 1.68 bits per heavy atom. The minimum atomic E-state index is -3.56. The third-order valence-electron chi connectivity index (χ3n) is 5.42. The van der Waals surface area contributed by atoms with Crippen molar-refractivity contribution in [3.63, 3.8) is 0 Å². The number of hydrogen-bond acceptors (Lipinski definition) is 5. The lowest BCUT2D eigenvalue weighted by atomic mass is 10.1. The number of amides is 1. The molecule has 1 aromatic rings. The van der Waals surface area contributed by atoms with Gasteiger partial charge in [-0.1, -0.05) is 12.8 Å². The van der Waals surface area contributed by atoms with Crippen LogP contribution in [0.25, 0.3) is 0 Å². The van der Waals surface area contributed by atoms with Crippen LogP contribution in [0.3, 0.4) is 0 Å². The number of hydrogen-bond donors (Lipinski definition) is 0. The summed E-state index contributed by atoms with van der Waals surface area (Å²) in [6, 6.07) is 6.47. The van der Waals surface area contributed by atoms with E-state index in [1.54, 1.807) is 24.3 Å². The summed E-state index contributed by atoms with van der Waals surface area (Å²) in [7, 11) is -3.56. The average molecular weight is 411 g/mol. The molecular weight excluding hydrogens is 380 g/mol. The lowest BCUT2D eigenvalue weighted by Gasteiger charge is -2.35. The lowest BCUT2D eigenvalue weighted by molar-refractivity contribution is -0.136. The molecule has 156 valence electrons. The average Bonchev–Trinajstić information content (AvgIpc) is 3.26. The van der Waals surface area contributed by atoms with Crippen molar-refractivity contribution in [1.82, 2.24) is 9.21 Å². The SMILES string of the molecule is CCOCCOc1ccc(S(=O)(=O)N2CCN(C(=O)C3CCCC3)CC2)cc1. The number of rotatable bonds is 8. The third kappa shape index (κ3) is 5.04. The van der Waals surface area contributed by atoms with Crippen molar-refractivity contribution in [2.75, 3.05) is 46.0 Å². The number of piperazine rings is 1. The first-order valence-corrected chi connectivity index (χ1v) is 11.6. The Labute approximate surface area is 167 Å². The summed E-state index contributed by atoms with van der Waals surface area (Å²) in [6.45, 7) is 5.10. The van der Waals surface area contributed by atoms with Crippen LogP contribution in [0.1, 0.15) is 32.6 Å². The Bertz CT molecular complexity index is 736. The summed E-state index contributed by atoms with van der Waals surface area (Å²) in [5.74, 6) is 0.951. The minimum Gasteiger partial charge on any atom is -0.491 e. The maximum Gasteiger partial charge on any atom is 0.243 e. The largest absolute Gasteiger partial charge is 0.491 e. The van der Waals surface area contributed by atoms with Crippen LogP contribution in [-0.4, -0.2) is 69.5 Å². The van der Waals surface area contributed by atoms with Gasteiger partial charge in [-0.15, -0.1) is 0 Å². The molecule has 0 N–H and O–H groups in total. The summed E-state index contributed by atoms with van der Waals surface area (Å²) in [6.07, 6.45) is 4.18. The van der Waals surface area contributed by atoms with E-state index < -0.39 is 10.0 Å². The highest BCUT2D eigenvalue weighted by Crippen LogP contribution is 2.27. The van der Waals surface area contributed by atoms with E-state index in [4.69, 9.17) is 9.47 Å². The third-order valence-corrected chi connectivity index (χ3v) is 7.33. The summed E-state index contributed by atoms with van der Waals surface area (Å²) in [5, 5.41) is 0. The molecule has 1 aliphatic heterocycles. The van der Waals surface area contributed by atoms with Crippen molar-refractivity contribution in [3.8, 4) is 5.75 Å². The first-order valence-electron chi connectivity index (χ1n) is 10.1. The van der Waals surface area contributed by atoms with Crippen LogP contribution in [0.5, 0.6) is 5.75 Å². The predicted molar refractivity (Wildman–Crippen MR) is 106 cm³/mol. The molecule has 0 unspecified atom stereocenters. The normalized spacial score (nSPS) is 19.1. The molecular formula is C20H30N2O5S. The van der Waals surface area contributed by atoms with Crippen molar-refractivity contribution in [2.24, 2.45) is 5.92 Å². The van der Waals surface area contributed by atoms with E-state index in [2.05, 4.69) is 0 Å². The van der Waals surface area contributed by atoms with Gasteiger partial charge < -0.3 is 14.4 Å². The van der Waals surface area contributed by atoms with Crippen LogP contribution in [-0.2, 0) is 19.6 Å². The van der Waals surface area contributed by atoms with E-state index >= 15 is 0 Å². The molecule has 7 nitrogen and oxygen atoms in total. The number of carbonyl (C=O) groups excluding carboxylic acids is 1. The molecule has 0 bridgehead atoms. The van der Waals surface area contributed by atoms with Crippen molar-refractivity contribution in [2.45, 2.75) is 37.5 Å². The lowest BCUT2D eigenvalue weighted by Crippen LogP contribution is -2.51. The van der Waals surface area contributed by atoms with E-state index in [1.807, 2.05) is 11.8 Å². The molecule has 0 atom stereocenters. The smallest absolute Gasteiger partial charge is 0.243 e. The number of ether oxygens (including phenoxy) is 2. The molecule has 1 aromatic carbocycles. The van der Waals surface area contributed by atoms with Crippen LogP contribution in [0.4, 0.5) is 0 Å². The van der Waals surface area contributed by atoms with E-state index in [-0.39, 0.29) is 16.7 Å². The first kappa shape index (κ1) is 21.1. The molecule has 1 saturated carbocycles. The molecule has 2 fully saturated rings. The van der Waals surface area contributed by atoms with Crippen molar-refractivity contribution >= 4 is 15.9 Å². The van der Waals surface area contributed by atoms with Crippen LogP contribution >= 0.6 is 0 Å². The molecule has 3 rings (SSSR count). The molecule has 28 heavy (non-hydrogen) atoms. The second-order valence-electron chi connectivity index (χ2n) is 7.23. The molecule has 8 heteroatoms. The standard InChI is InChI=1S/C20H30N2O5S/c1-2-26-15-16-27-18-7-9-19(10-8-18)28(24,25)22-13-11-21(12-14-22)20(23)17-5-3-4-6-17/h7-10,17H,2-6,11-16H2,1H3. The highest BCUT2D eigenvalue weighted by molar-refractivity contribution is 7.89. The van der Waals surface area contributed by atoms with Gasteiger partial charge in [0.25, 0.3) is 0 Å². The Kier molecular flexibility index (Phi) is 7.31. The molecule has 0 spiro atoms. The topological polar surface area (TPSA) is 76.2 Å². The van der Waals surface area contributed by atoms with Gasteiger partial charge in [0.05, 0.1) is 11.5 Å². The van der Waals surface area contributed by atoms with Crippen molar-refractivity contribution in [1.29, 1.82) is 0 Å². The van der Waals surface area contributed by atoms with E-state index in [0.717, 1.165) is 25.7 Å². The van der Waals surface area contributed by atoms with Gasteiger partial charge in [-0.2, -0.15) is 4.31 Å². The first-order chi connectivity index (χ1) is 13.5.